The highest BCUT2D eigenvalue weighted by molar-refractivity contribution is 6.38. The number of rotatable bonds is 2. The number of fused-ring (bicyclic) bond motifs is 12. The van der Waals surface area contributed by atoms with Crippen LogP contribution < -0.4 is 0 Å². The summed E-state index contributed by atoms with van der Waals surface area (Å²) in [5.41, 5.74) is 6.21. The molecular weight excluding hydrogens is 542 g/mol. The second-order valence-corrected chi connectivity index (χ2v) is 12.1. The Morgan fingerprint density at radius 1 is 0.333 bits per heavy atom. The Bertz CT molecular complexity index is 2810. The lowest BCUT2D eigenvalue weighted by atomic mass is 9.88. The highest BCUT2D eigenvalue weighted by atomic mass is 15.0. The summed E-state index contributed by atoms with van der Waals surface area (Å²) in [6, 6.07) is 60.3. The van der Waals surface area contributed by atoms with Gasteiger partial charge < -0.3 is 4.57 Å². The molecule has 0 bridgehead atoms. The van der Waals surface area contributed by atoms with E-state index in [2.05, 4.69) is 168 Å². The molecule has 208 valence electrons. The van der Waals surface area contributed by atoms with Gasteiger partial charge in [0.25, 0.3) is 0 Å². The summed E-state index contributed by atoms with van der Waals surface area (Å²) >= 11 is 0. The van der Waals surface area contributed by atoms with Gasteiger partial charge in [0.15, 0.2) is 0 Å². The third-order valence-electron chi connectivity index (χ3n) is 9.71. The normalized spacial score (nSPS) is 12.0. The SMILES string of the molecule is c1ccc2cc(-c3cc4c5ccccc5c5c(c6ccccc6n5-c5cccc6ccccc56)c4c4ccccc34)ccc2c1. The molecule has 1 nitrogen and oxygen atoms in total. The number of para-hydroxylation sites is 1. The van der Waals surface area contributed by atoms with Crippen LogP contribution in [0.1, 0.15) is 0 Å². The first-order valence-electron chi connectivity index (χ1n) is 15.6. The Hall–Kier alpha value is -5.92. The van der Waals surface area contributed by atoms with Gasteiger partial charge >= 0.3 is 0 Å². The standard InChI is InChI=1S/C44H27N/c1-2-14-30-26-31(25-24-28(30)12-1)38-27-39-34-18-6-8-20-36(34)44-43(42(39)35-19-7-5-17-33(35)38)37-21-9-10-22-41(37)45(44)40-23-11-15-29-13-3-4-16-32(29)40/h1-27H. The number of nitrogens with zero attached hydrogens (tertiary/aromatic N) is 1. The maximum atomic E-state index is 2.51. The molecule has 0 saturated carbocycles. The zero-order valence-corrected chi connectivity index (χ0v) is 24.5. The maximum Gasteiger partial charge on any atom is 0.0626 e. The smallest absolute Gasteiger partial charge is 0.0626 e. The Kier molecular flexibility index (Phi) is 5.06. The molecule has 0 radical (unpaired) electrons. The lowest BCUT2D eigenvalue weighted by molar-refractivity contribution is 1.20. The topological polar surface area (TPSA) is 4.93 Å². The van der Waals surface area contributed by atoms with Gasteiger partial charge in [-0.15, -0.1) is 0 Å². The summed E-state index contributed by atoms with van der Waals surface area (Å²) in [4.78, 5) is 0. The Labute approximate surface area is 260 Å². The van der Waals surface area contributed by atoms with Crippen LogP contribution in [0.2, 0.25) is 0 Å². The van der Waals surface area contributed by atoms with Crippen LogP contribution in [0.15, 0.2) is 164 Å². The molecule has 0 spiro atoms. The van der Waals surface area contributed by atoms with E-state index in [0.717, 1.165) is 0 Å². The molecule has 0 amide bonds. The highest BCUT2D eigenvalue weighted by Crippen LogP contribution is 2.47. The van der Waals surface area contributed by atoms with E-state index < -0.39 is 0 Å². The second kappa shape index (κ2) is 9.29. The monoisotopic (exact) mass is 569 g/mol. The summed E-state index contributed by atoms with van der Waals surface area (Å²) in [6.45, 7) is 0. The molecule has 1 heteroatoms. The highest BCUT2D eigenvalue weighted by Gasteiger charge is 2.22. The first-order valence-corrected chi connectivity index (χ1v) is 15.6. The van der Waals surface area contributed by atoms with Gasteiger partial charge in [-0.3, -0.25) is 0 Å². The van der Waals surface area contributed by atoms with Crippen molar-refractivity contribution in [1.29, 1.82) is 0 Å². The number of benzene rings is 9. The molecule has 0 fully saturated rings. The lowest BCUT2D eigenvalue weighted by Gasteiger charge is -2.17. The van der Waals surface area contributed by atoms with E-state index in [9.17, 15) is 0 Å². The molecule has 0 saturated heterocycles. The summed E-state index contributed by atoms with van der Waals surface area (Å²) in [6.07, 6.45) is 0. The first kappa shape index (κ1) is 24.5. The molecule has 0 aliphatic rings. The molecular formula is C44H27N. The van der Waals surface area contributed by atoms with Crippen molar-refractivity contribution < 1.29 is 0 Å². The molecule has 0 aliphatic carbocycles. The van der Waals surface area contributed by atoms with Crippen molar-refractivity contribution in [2.24, 2.45) is 0 Å². The maximum absolute atomic E-state index is 2.51. The molecule has 1 heterocycles. The van der Waals surface area contributed by atoms with Crippen molar-refractivity contribution in [2.45, 2.75) is 0 Å². The van der Waals surface area contributed by atoms with Gasteiger partial charge in [0.05, 0.1) is 16.7 Å². The van der Waals surface area contributed by atoms with Crippen molar-refractivity contribution in [1.82, 2.24) is 4.57 Å². The minimum absolute atomic E-state index is 1.21. The zero-order chi connectivity index (χ0) is 29.5. The molecule has 1 aromatic heterocycles. The van der Waals surface area contributed by atoms with Crippen LogP contribution in [0, 0.1) is 0 Å². The van der Waals surface area contributed by atoms with E-state index >= 15 is 0 Å². The van der Waals surface area contributed by atoms with Crippen LogP contribution in [0.3, 0.4) is 0 Å². The van der Waals surface area contributed by atoms with E-state index in [1.165, 1.54) is 92.5 Å². The summed E-state index contributed by atoms with van der Waals surface area (Å²) in [5, 5.41) is 15.3. The fourth-order valence-electron chi connectivity index (χ4n) is 7.78. The van der Waals surface area contributed by atoms with Gasteiger partial charge in [-0.25, -0.2) is 0 Å². The predicted octanol–water partition coefficient (Wildman–Crippen LogP) is 12.2. The van der Waals surface area contributed by atoms with Crippen LogP contribution in [0.25, 0.3) is 92.5 Å². The van der Waals surface area contributed by atoms with E-state index in [4.69, 9.17) is 0 Å². The summed E-state index contributed by atoms with van der Waals surface area (Å²) < 4.78 is 2.51. The van der Waals surface area contributed by atoms with E-state index in [-0.39, 0.29) is 0 Å². The van der Waals surface area contributed by atoms with Crippen LogP contribution >= 0.6 is 0 Å². The number of aromatic nitrogens is 1. The summed E-state index contributed by atoms with van der Waals surface area (Å²) in [5.74, 6) is 0. The van der Waals surface area contributed by atoms with Gasteiger partial charge in [0.1, 0.15) is 0 Å². The molecule has 0 N–H and O–H groups in total. The molecule has 0 aliphatic heterocycles. The first-order chi connectivity index (χ1) is 22.3. The van der Waals surface area contributed by atoms with E-state index in [0.29, 0.717) is 0 Å². The minimum Gasteiger partial charge on any atom is -0.308 e. The third-order valence-corrected chi connectivity index (χ3v) is 9.71. The van der Waals surface area contributed by atoms with Gasteiger partial charge in [-0.1, -0.05) is 140 Å². The van der Waals surface area contributed by atoms with Crippen molar-refractivity contribution in [3.05, 3.63) is 164 Å². The second-order valence-electron chi connectivity index (χ2n) is 12.1. The van der Waals surface area contributed by atoms with Crippen LogP contribution in [0.5, 0.6) is 0 Å². The van der Waals surface area contributed by atoms with Gasteiger partial charge in [0.2, 0.25) is 0 Å². The number of hydrogen-bond acceptors (Lipinski definition) is 0. The third kappa shape index (κ3) is 3.44. The Morgan fingerprint density at radius 3 is 1.80 bits per heavy atom. The Balaban J connectivity index is 1.45. The lowest BCUT2D eigenvalue weighted by Crippen LogP contribution is -1.96. The van der Waals surface area contributed by atoms with Gasteiger partial charge in [-0.2, -0.15) is 0 Å². The predicted molar refractivity (Wildman–Crippen MR) is 194 cm³/mol. The van der Waals surface area contributed by atoms with Crippen molar-refractivity contribution in [3.63, 3.8) is 0 Å². The molecule has 10 rings (SSSR count). The van der Waals surface area contributed by atoms with Crippen LogP contribution in [-0.2, 0) is 0 Å². The average Bonchev–Trinajstić information content (AvgIpc) is 3.46. The van der Waals surface area contributed by atoms with Crippen LogP contribution in [-0.4, -0.2) is 4.57 Å². The van der Waals surface area contributed by atoms with Crippen molar-refractivity contribution >= 4 is 75.7 Å². The molecule has 0 atom stereocenters. The molecule has 10 aromatic rings. The Morgan fingerprint density at radius 2 is 0.956 bits per heavy atom. The quantitative estimate of drug-likeness (QED) is 0.183. The van der Waals surface area contributed by atoms with Crippen molar-refractivity contribution in [3.8, 4) is 16.8 Å². The summed E-state index contributed by atoms with van der Waals surface area (Å²) in [7, 11) is 0. The van der Waals surface area contributed by atoms with E-state index in [1.807, 2.05) is 0 Å². The fraction of sp³-hybridized carbons (Fsp3) is 0. The van der Waals surface area contributed by atoms with Crippen LogP contribution in [0.4, 0.5) is 0 Å². The van der Waals surface area contributed by atoms with Crippen molar-refractivity contribution in [2.75, 3.05) is 0 Å². The van der Waals surface area contributed by atoms with Gasteiger partial charge in [0, 0.05) is 26.9 Å². The average molecular weight is 570 g/mol. The zero-order valence-electron chi connectivity index (χ0n) is 24.5. The molecule has 45 heavy (non-hydrogen) atoms. The number of hydrogen-bond donors (Lipinski definition) is 0. The van der Waals surface area contributed by atoms with E-state index in [1.54, 1.807) is 0 Å². The largest absolute Gasteiger partial charge is 0.308 e. The molecule has 0 unspecified atom stereocenters. The minimum atomic E-state index is 1.21. The fourth-order valence-corrected chi connectivity index (χ4v) is 7.78. The van der Waals surface area contributed by atoms with Gasteiger partial charge in [-0.05, 0) is 73.1 Å². The molecule has 9 aromatic carbocycles.